The predicted molar refractivity (Wildman–Crippen MR) is 66.5 cm³/mol. The van der Waals surface area contributed by atoms with Crippen molar-refractivity contribution < 1.29 is 4.79 Å². The molecule has 0 bridgehead atoms. The van der Waals surface area contributed by atoms with E-state index in [9.17, 15) is 4.79 Å². The summed E-state index contributed by atoms with van der Waals surface area (Å²) in [4.78, 5) is 11.7. The van der Waals surface area contributed by atoms with Crippen molar-refractivity contribution in [2.24, 2.45) is 0 Å². The fraction of sp³-hybridized carbons (Fsp3) is 0.0714. The van der Waals surface area contributed by atoms with E-state index in [0.29, 0.717) is 5.56 Å². The highest BCUT2D eigenvalue weighted by Gasteiger charge is 2.02. The average Bonchev–Trinajstić information content (AvgIpc) is 2.35. The first kappa shape index (κ1) is 10.4. The molecule has 0 atom stereocenters. The maximum absolute atomic E-state index is 11.7. The number of nitrogens with one attached hydrogen (secondary N) is 1. The SMILES string of the molecule is CN/C=C\C(=O)c1ccc2ccccc2c1. The normalized spacial score (nSPS) is 10.8. The number of hydrogen-bond donors (Lipinski definition) is 1. The maximum atomic E-state index is 11.7. The maximum Gasteiger partial charge on any atom is 0.187 e. The highest BCUT2D eigenvalue weighted by molar-refractivity contribution is 6.06. The summed E-state index contributed by atoms with van der Waals surface area (Å²) in [5, 5.41) is 5.04. The number of rotatable bonds is 3. The van der Waals surface area contributed by atoms with Gasteiger partial charge in [0.1, 0.15) is 0 Å². The molecule has 0 spiro atoms. The lowest BCUT2D eigenvalue weighted by Gasteiger charge is -2.00. The van der Waals surface area contributed by atoms with Crippen molar-refractivity contribution in [2.75, 3.05) is 7.05 Å². The van der Waals surface area contributed by atoms with E-state index in [1.54, 1.807) is 13.2 Å². The van der Waals surface area contributed by atoms with Crippen LogP contribution in [-0.4, -0.2) is 12.8 Å². The second-order valence-electron chi connectivity index (χ2n) is 3.55. The molecule has 2 rings (SSSR count). The van der Waals surface area contributed by atoms with Gasteiger partial charge in [0.15, 0.2) is 5.78 Å². The molecule has 0 saturated heterocycles. The van der Waals surface area contributed by atoms with Gasteiger partial charge in [-0.2, -0.15) is 0 Å². The number of carbonyl (C=O) groups is 1. The van der Waals surface area contributed by atoms with Crippen molar-refractivity contribution in [2.45, 2.75) is 0 Å². The Labute approximate surface area is 94.6 Å². The van der Waals surface area contributed by atoms with Crippen LogP contribution < -0.4 is 5.32 Å². The molecular formula is C14H13NO. The van der Waals surface area contributed by atoms with E-state index in [-0.39, 0.29) is 5.78 Å². The smallest absolute Gasteiger partial charge is 0.187 e. The van der Waals surface area contributed by atoms with Gasteiger partial charge in [-0.05, 0) is 16.8 Å². The standard InChI is InChI=1S/C14H13NO/c1-15-9-8-14(16)13-7-6-11-4-2-3-5-12(11)10-13/h2-10,15H,1H3/b9-8-. The third-order valence-electron chi connectivity index (χ3n) is 2.44. The minimum absolute atomic E-state index is 0.0140. The number of hydrogen-bond acceptors (Lipinski definition) is 2. The number of carbonyl (C=O) groups excluding carboxylic acids is 1. The van der Waals surface area contributed by atoms with Crippen LogP contribution in [0.15, 0.2) is 54.7 Å². The van der Waals surface area contributed by atoms with Gasteiger partial charge >= 0.3 is 0 Å². The van der Waals surface area contributed by atoms with Gasteiger partial charge < -0.3 is 5.32 Å². The van der Waals surface area contributed by atoms with Crippen LogP contribution in [0.5, 0.6) is 0 Å². The summed E-state index contributed by atoms with van der Waals surface area (Å²) in [7, 11) is 1.77. The third kappa shape index (κ3) is 2.11. The zero-order valence-corrected chi connectivity index (χ0v) is 9.10. The van der Waals surface area contributed by atoms with E-state index in [1.807, 2.05) is 42.5 Å². The van der Waals surface area contributed by atoms with Crippen LogP contribution in [0.1, 0.15) is 10.4 Å². The first-order chi connectivity index (χ1) is 7.81. The van der Waals surface area contributed by atoms with Crippen LogP contribution in [0.2, 0.25) is 0 Å². The molecule has 1 N–H and O–H groups in total. The van der Waals surface area contributed by atoms with Crippen LogP contribution in [0, 0.1) is 0 Å². The Bertz CT molecular complexity index is 543. The Morgan fingerprint density at radius 1 is 1.12 bits per heavy atom. The molecule has 0 fully saturated rings. The Morgan fingerprint density at radius 3 is 2.62 bits per heavy atom. The van der Waals surface area contributed by atoms with Crippen molar-refractivity contribution in [1.82, 2.24) is 5.32 Å². The summed E-state index contributed by atoms with van der Waals surface area (Å²) in [5.41, 5.74) is 0.713. The Hall–Kier alpha value is -2.09. The molecule has 0 unspecified atom stereocenters. The van der Waals surface area contributed by atoms with E-state index < -0.39 is 0 Å². The van der Waals surface area contributed by atoms with Gasteiger partial charge in [0.25, 0.3) is 0 Å². The van der Waals surface area contributed by atoms with Crippen molar-refractivity contribution in [1.29, 1.82) is 0 Å². The second kappa shape index (κ2) is 4.62. The molecule has 2 heteroatoms. The van der Waals surface area contributed by atoms with E-state index >= 15 is 0 Å². The summed E-state index contributed by atoms with van der Waals surface area (Å²) < 4.78 is 0. The molecule has 2 nitrogen and oxygen atoms in total. The van der Waals surface area contributed by atoms with Crippen LogP contribution in [-0.2, 0) is 0 Å². The molecule has 0 aromatic heterocycles. The molecule has 0 heterocycles. The van der Waals surface area contributed by atoms with Gasteiger partial charge in [0.2, 0.25) is 0 Å². The summed E-state index contributed by atoms with van der Waals surface area (Å²) in [6, 6.07) is 13.7. The minimum atomic E-state index is 0.0140. The summed E-state index contributed by atoms with van der Waals surface area (Å²) >= 11 is 0. The van der Waals surface area contributed by atoms with Gasteiger partial charge in [0, 0.05) is 24.9 Å². The number of ketones is 1. The largest absolute Gasteiger partial charge is 0.394 e. The molecule has 0 aliphatic rings. The van der Waals surface area contributed by atoms with Crippen molar-refractivity contribution in [3.63, 3.8) is 0 Å². The molecular weight excluding hydrogens is 198 g/mol. The summed E-state index contributed by atoms with van der Waals surface area (Å²) in [6.07, 6.45) is 3.17. The molecule has 16 heavy (non-hydrogen) atoms. The van der Waals surface area contributed by atoms with E-state index in [4.69, 9.17) is 0 Å². The molecule has 0 aliphatic carbocycles. The highest BCUT2D eigenvalue weighted by atomic mass is 16.1. The summed E-state index contributed by atoms with van der Waals surface area (Å²) in [6.45, 7) is 0. The molecule has 0 saturated carbocycles. The number of fused-ring (bicyclic) bond motifs is 1. The fourth-order valence-corrected chi connectivity index (χ4v) is 1.60. The number of allylic oxidation sites excluding steroid dienone is 1. The monoisotopic (exact) mass is 211 g/mol. The predicted octanol–water partition coefficient (Wildman–Crippen LogP) is 2.76. The van der Waals surface area contributed by atoms with Gasteiger partial charge in [-0.3, -0.25) is 4.79 Å². The van der Waals surface area contributed by atoms with Gasteiger partial charge in [0.05, 0.1) is 0 Å². The molecule has 0 radical (unpaired) electrons. The quantitative estimate of drug-likeness (QED) is 0.624. The van der Waals surface area contributed by atoms with Crippen molar-refractivity contribution in [3.8, 4) is 0 Å². The lowest BCUT2D eigenvalue weighted by Crippen LogP contribution is -1.98. The first-order valence-electron chi connectivity index (χ1n) is 5.18. The Balaban J connectivity index is 2.39. The van der Waals surface area contributed by atoms with Crippen LogP contribution in [0.4, 0.5) is 0 Å². The van der Waals surface area contributed by atoms with Crippen LogP contribution >= 0.6 is 0 Å². The van der Waals surface area contributed by atoms with Crippen LogP contribution in [0.3, 0.4) is 0 Å². The third-order valence-corrected chi connectivity index (χ3v) is 2.44. The van der Waals surface area contributed by atoms with Crippen molar-refractivity contribution in [3.05, 3.63) is 60.3 Å². The lowest BCUT2D eigenvalue weighted by molar-refractivity contribution is 0.104. The van der Waals surface area contributed by atoms with Crippen molar-refractivity contribution >= 4 is 16.6 Å². The highest BCUT2D eigenvalue weighted by Crippen LogP contribution is 2.16. The minimum Gasteiger partial charge on any atom is -0.394 e. The topological polar surface area (TPSA) is 29.1 Å². The molecule has 2 aromatic rings. The van der Waals surface area contributed by atoms with E-state index in [0.717, 1.165) is 10.8 Å². The second-order valence-corrected chi connectivity index (χ2v) is 3.55. The van der Waals surface area contributed by atoms with Crippen LogP contribution in [0.25, 0.3) is 10.8 Å². The molecule has 0 aliphatic heterocycles. The van der Waals surface area contributed by atoms with E-state index in [1.165, 1.54) is 6.08 Å². The Morgan fingerprint density at radius 2 is 1.88 bits per heavy atom. The molecule has 0 amide bonds. The summed E-state index contributed by atoms with van der Waals surface area (Å²) in [5.74, 6) is 0.0140. The van der Waals surface area contributed by atoms with Gasteiger partial charge in [-0.25, -0.2) is 0 Å². The van der Waals surface area contributed by atoms with E-state index in [2.05, 4.69) is 5.32 Å². The zero-order chi connectivity index (χ0) is 11.4. The van der Waals surface area contributed by atoms with Gasteiger partial charge in [-0.1, -0.05) is 36.4 Å². The lowest BCUT2D eigenvalue weighted by atomic mass is 10.0. The number of benzene rings is 2. The average molecular weight is 211 g/mol. The molecule has 2 aromatic carbocycles. The Kier molecular flexibility index (Phi) is 3.01. The first-order valence-corrected chi connectivity index (χ1v) is 5.18. The zero-order valence-electron chi connectivity index (χ0n) is 9.10. The fourth-order valence-electron chi connectivity index (χ4n) is 1.60. The molecule has 80 valence electrons. The van der Waals surface area contributed by atoms with Gasteiger partial charge in [-0.15, -0.1) is 0 Å².